The second kappa shape index (κ2) is 29.4. The number of nitrogens with zero attached hydrogens (tertiary/aromatic N) is 2. The van der Waals surface area contributed by atoms with Crippen molar-refractivity contribution in [2.75, 3.05) is 52.5 Å². The van der Waals surface area contributed by atoms with Gasteiger partial charge in [-0.15, -0.1) is 0 Å². The van der Waals surface area contributed by atoms with Crippen LogP contribution in [0, 0.1) is 0 Å². The minimum atomic E-state index is -1.38. The van der Waals surface area contributed by atoms with Gasteiger partial charge >= 0.3 is 49.7 Å². The Labute approximate surface area is 333 Å². The van der Waals surface area contributed by atoms with Gasteiger partial charge < -0.3 is 59.8 Å². The number of rotatable bonds is 28. The van der Waals surface area contributed by atoms with Gasteiger partial charge in [-0.3, -0.25) is 9.59 Å². The molecule has 51 heavy (non-hydrogen) atoms. The Morgan fingerprint density at radius 1 is 0.549 bits per heavy atom. The number of unbranched alkanes of at least 4 members (excludes halogenated alkanes) is 6. The number of quaternary nitrogens is 2. The van der Waals surface area contributed by atoms with Gasteiger partial charge in [0.1, 0.15) is 25.2 Å². The molecule has 292 valence electrons. The summed E-state index contributed by atoms with van der Waals surface area (Å²) >= 11 is 0. The second-order valence-electron chi connectivity index (χ2n) is 12.9. The SMILES string of the molecule is CCCCCCC(=O)NCC[N+](CCO)(C(C)C(=O)[O-])C(C)C(=O)O.CCCCCCC(=O)NCC[N+](CCO)(C(C)C(=O)[O-])C(C)C(=O)O.[Ca+2]. The van der Waals surface area contributed by atoms with Gasteiger partial charge in [0.25, 0.3) is 0 Å². The van der Waals surface area contributed by atoms with Gasteiger partial charge in [-0.1, -0.05) is 52.4 Å². The number of nitrogens with one attached hydrogen (secondary N) is 2. The molecule has 6 N–H and O–H groups in total. The van der Waals surface area contributed by atoms with Crippen LogP contribution in [0.2, 0.25) is 0 Å². The zero-order valence-electron chi connectivity index (χ0n) is 31.7. The topological polar surface area (TPSA) is 254 Å². The number of aliphatic hydroxyl groups excluding tert-OH is 2. The summed E-state index contributed by atoms with van der Waals surface area (Å²) < 4.78 is -0.769. The van der Waals surface area contributed by atoms with Crippen LogP contribution in [0.1, 0.15) is 106 Å². The third kappa shape index (κ3) is 19.5. The molecule has 0 spiro atoms. The van der Waals surface area contributed by atoms with Crippen LogP contribution in [-0.2, 0) is 28.8 Å². The minimum absolute atomic E-state index is 0. The van der Waals surface area contributed by atoms with E-state index in [0.717, 1.165) is 51.4 Å². The van der Waals surface area contributed by atoms with E-state index in [0.29, 0.717) is 12.8 Å². The van der Waals surface area contributed by atoms with Gasteiger partial charge in [-0.05, 0) is 40.5 Å². The molecular formula is C34H64CaN4O12+2. The van der Waals surface area contributed by atoms with Crippen molar-refractivity contribution in [2.24, 2.45) is 0 Å². The molecule has 17 heteroatoms. The monoisotopic (exact) mass is 760 g/mol. The number of amides is 2. The van der Waals surface area contributed by atoms with Crippen molar-refractivity contribution in [3.8, 4) is 0 Å². The van der Waals surface area contributed by atoms with Crippen LogP contribution in [0.5, 0.6) is 0 Å². The zero-order chi connectivity index (χ0) is 38.9. The summed E-state index contributed by atoms with van der Waals surface area (Å²) in [6.45, 7) is 9.37. The molecule has 0 aromatic rings. The number of aliphatic carboxylic acids is 4. The maximum absolute atomic E-state index is 11.8. The molecule has 0 bridgehead atoms. The summed E-state index contributed by atoms with van der Waals surface area (Å²) in [5.74, 6) is -5.36. The van der Waals surface area contributed by atoms with Crippen LogP contribution in [0.15, 0.2) is 0 Å². The molecule has 0 saturated heterocycles. The molecule has 0 aliphatic heterocycles. The summed E-state index contributed by atoms with van der Waals surface area (Å²) in [6, 6.07) is -4.36. The van der Waals surface area contributed by atoms with Gasteiger partial charge in [0.15, 0.2) is 12.1 Å². The third-order valence-corrected chi connectivity index (χ3v) is 9.73. The number of carboxylic acids is 4. The van der Waals surface area contributed by atoms with Gasteiger partial charge in [0.2, 0.25) is 11.8 Å². The van der Waals surface area contributed by atoms with Crippen molar-refractivity contribution in [1.29, 1.82) is 0 Å². The Kier molecular flexibility index (Phi) is 30.7. The molecule has 0 rings (SSSR count). The molecule has 0 saturated carbocycles. The number of carbonyl (C=O) groups excluding carboxylic acids is 4. The summed E-state index contributed by atoms with van der Waals surface area (Å²) in [7, 11) is 0. The first kappa shape index (κ1) is 53.3. The molecule has 6 unspecified atom stereocenters. The average molecular weight is 761 g/mol. The fraction of sp³-hybridized carbons (Fsp3) is 0.824. The van der Waals surface area contributed by atoms with Crippen LogP contribution in [0.25, 0.3) is 0 Å². The van der Waals surface area contributed by atoms with Crippen molar-refractivity contribution in [1.82, 2.24) is 10.6 Å². The van der Waals surface area contributed by atoms with Gasteiger partial charge in [0.05, 0.1) is 51.3 Å². The summed E-state index contributed by atoms with van der Waals surface area (Å²) in [5, 5.41) is 65.5. The molecule has 16 nitrogen and oxygen atoms in total. The summed E-state index contributed by atoms with van der Waals surface area (Å²) in [4.78, 5) is 69.3. The number of hydrogen-bond acceptors (Lipinski definition) is 10. The molecule has 0 aliphatic rings. The molecule has 2 amide bonds. The van der Waals surface area contributed by atoms with Gasteiger partial charge in [-0.25, -0.2) is 9.59 Å². The van der Waals surface area contributed by atoms with Crippen molar-refractivity contribution in [2.45, 2.75) is 130 Å². The molecule has 0 fully saturated rings. The van der Waals surface area contributed by atoms with E-state index in [-0.39, 0.29) is 111 Å². The molecule has 0 heterocycles. The van der Waals surface area contributed by atoms with Crippen LogP contribution in [0.3, 0.4) is 0 Å². The Morgan fingerprint density at radius 2 is 0.863 bits per heavy atom. The molecule has 0 aromatic heterocycles. The summed E-state index contributed by atoms with van der Waals surface area (Å²) in [6.07, 6.45) is 8.63. The fourth-order valence-electron chi connectivity index (χ4n) is 6.08. The predicted molar refractivity (Wildman–Crippen MR) is 187 cm³/mol. The predicted octanol–water partition coefficient (Wildman–Crippen LogP) is -1.39. The molecular weight excluding hydrogens is 696 g/mol. The van der Waals surface area contributed by atoms with Crippen molar-refractivity contribution in [3.63, 3.8) is 0 Å². The van der Waals surface area contributed by atoms with Crippen LogP contribution in [-0.4, -0.2) is 179 Å². The maximum Gasteiger partial charge on any atom is 2.00 e. The molecule has 6 atom stereocenters. The van der Waals surface area contributed by atoms with Crippen molar-refractivity contribution >= 4 is 73.4 Å². The minimum Gasteiger partial charge on any atom is -0.544 e. The van der Waals surface area contributed by atoms with Gasteiger partial charge in [0, 0.05) is 12.8 Å². The molecule has 0 aromatic carbocycles. The van der Waals surface area contributed by atoms with E-state index in [4.69, 9.17) is 0 Å². The van der Waals surface area contributed by atoms with Crippen LogP contribution in [0.4, 0.5) is 0 Å². The second-order valence-corrected chi connectivity index (χ2v) is 12.9. The van der Waals surface area contributed by atoms with E-state index in [1.165, 1.54) is 27.7 Å². The fourth-order valence-corrected chi connectivity index (χ4v) is 6.08. The van der Waals surface area contributed by atoms with Crippen LogP contribution < -0.4 is 20.8 Å². The Hall–Kier alpha value is -2.08. The number of aliphatic hydroxyl groups is 2. The van der Waals surface area contributed by atoms with Crippen molar-refractivity contribution < 1.29 is 68.4 Å². The van der Waals surface area contributed by atoms with Crippen molar-refractivity contribution in [3.05, 3.63) is 0 Å². The largest absolute Gasteiger partial charge is 2.00 e. The summed E-state index contributed by atoms with van der Waals surface area (Å²) in [5.41, 5.74) is 0. The van der Waals surface area contributed by atoms with Gasteiger partial charge in [-0.2, -0.15) is 0 Å². The first-order valence-corrected chi connectivity index (χ1v) is 17.8. The number of carbonyl (C=O) groups is 6. The Balaban J connectivity index is -0.000000886. The molecule has 0 aliphatic carbocycles. The van der Waals surface area contributed by atoms with E-state index < -0.39 is 48.0 Å². The first-order valence-electron chi connectivity index (χ1n) is 17.8. The normalized spacial score (nSPS) is 15.5. The maximum atomic E-state index is 11.8. The Morgan fingerprint density at radius 3 is 1.10 bits per heavy atom. The average Bonchev–Trinajstić information content (AvgIpc) is 3.06. The van der Waals surface area contributed by atoms with Crippen LogP contribution >= 0.6 is 0 Å². The number of carboxylic acid groups (broad SMARTS) is 4. The van der Waals surface area contributed by atoms with E-state index in [9.17, 15) is 59.4 Å². The van der Waals surface area contributed by atoms with E-state index in [2.05, 4.69) is 24.5 Å². The van der Waals surface area contributed by atoms with E-state index in [1.54, 1.807) is 0 Å². The smallest absolute Gasteiger partial charge is 0.544 e. The van der Waals surface area contributed by atoms with E-state index in [1.807, 2.05) is 0 Å². The first-order chi connectivity index (χ1) is 23.4. The van der Waals surface area contributed by atoms with E-state index >= 15 is 0 Å². The standard InChI is InChI=1S/2C17H32N2O6.Ca/c2*1-4-5-6-7-8-15(21)18-9-10-19(11-12-20,13(2)16(22)23)14(3)17(24)25;/h2*13-14,20H,4-12H2,1-3H3,(H2-,18,21,22,23,24,25);/q;;+2. The molecule has 0 radical (unpaired) electrons. The Bertz CT molecular complexity index is 929. The quantitative estimate of drug-likeness (QED) is 0.0306. The number of hydrogen-bond donors (Lipinski definition) is 6. The zero-order valence-corrected chi connectivity index (χ0v) is 33.9. The third-order valence-electron chi connectivity index (χ3n) is 9.73.